The Labute approximate surface area is 143 Å². The van der Waals surface area contributed by atoms with E-state index in [1.165, 1.54) is 18.5 Å². The lowest BCUT2D eigenvalue weighted by molar-refractivity contribution is 0.628. The molecule has 0 saturated heterocycles. The average Bonchev–Trinajstić information content (AvgIpc) is 2.73. The van der Waals surface area contributed by atoms with E-state index in [2.05, 4.69) is 9.97 Å². The molecule has 1 aliphatic rings. The molecule has 0 N–H and O–H groups in total. The molecule has 4 nitrogen and oxygen atoms in total. The zero-order valence-corrected chi connectivity index (χ0v) is 13.5. The van der Waals surface area contributed by atoms with E-state index in [9.17, 15) is 4.39 Å². The van der Waals surface area contributed by atoms with Gasteiger partial charge in [0.2, 0.25) is 0 Å². The molecule has 0 spiro atoms. The smallest absolute Gasteiger partial charge is 0.163 e. The molecule has 3 aromatic rings. The lowest BCUT2D eigenvalue weighted by Gasteiger charge is -2.20. The number of fused-ring (bicyclic) bond motifs is 2. The second-order valence-electron chi connectivity index (χ2n) is 5.38. The Morgan fingerprint density at radius 3 is 2.54 bits per heavy atom. The van der Waals surface area contributed by atoms with E-state index in [4.69, 9.17) is 16.6 Å². The van der Waals surface area contributed by atoms with Crippen LogP contribution < -0.4 is 4.90 Å². The molecule has 2 aromatic carbocycles. The van der Waals surface area contributed by atoms with Crippen molar-refractivity contribution in [2.75, 3.05) is 11.9 Å². The second-order valence-corrected chi connectivity index (χ2v) is 5.74. The third-order valence-corrected chi connectivity index (χ3v) is 4.21. The summed E-state index contributed by atoms with van der Waals surface area (Å²) in [7, 11) is 1.91. The summed E-state index contributed by atoms with van der Waals surface area (Å²) in [5.74, 6) is 0.333. The van der Waals surface area contributed by atoms with Gasteiger partial charge in [0.05, 0.1) is 11.4 Å². The molecule has 0 amide bonds. The van der Waals surface area contributed by atoms with Crippen molar-refractivity contribution in [3.63, 3.8) is 0 Å². The number of anilines is 2. The van der Waals surface area contributed by atoms with Crippen molar-refractivity contribution in [2.45, 2.75) is 0 Å². The van der Waals surface area contributed by atoms with Crippen molar-refractivity contribution in [3.05, 3.63) is 77.0 Å². The molecule has 1 aromatic heterocycles. The average molecular weight is 339 g/mol. The minimum atomic E-state index is -0.292. The maximum Gasteiger partial charge on any atom is 0.163 e. The first-order valence-corrected chi connectivity index (χ1v) is 7.71. The summed E-state index contributed by atoms with van der Waals surface area (Å²) in [6.45, 7) is 0. The Morgan fingerprint density at radius 2 is 1.75 bits per heavy atom. The van der Waals surface area contributed by atoms with E-state index in [1.807, 2.05) is 36.2 Å². The van der Waals surface area contributed by atoms with Crippen LogP contribution in [-0.2, 0) is 0 Å². The summed E-state index contributed by atoms with van der Waals surface area (Å²) in [4.78, 5) is 15.0. The van der Waals surface area contributed by atoms with Crippen LogP contribution in [0.2, 0.25) is 5.15 Å². The highest BCUT2D eigenvalue weighted by Crippen LogP contribution is 2.40. The zero-order valence-electron chi connectivity index (χ0n) is 12.7. The number of halogens is 2. The Hall–Kier alpha value is -2.79. The molecule has 0 bridgehead atoms. The summed E-state index contributed by atoms with van der Waals surface area (Å²) in [5, 5.41) is 0.277. The van der Waals surface area contributed by atoms with Gasteiger partial charge in [-0.1, -0.05) is 29.8 Å². The Morgan fingerprint density at radius 1 is 1.00 bits per heavy atom. The second kappa shape index (κ2) is 5.69. The molecule has 4 rings (SSSR count). The van der Waals surface area contributed by atoms with E-state index >= 15 is 0 Å². The molecule has 24 heavy (non-hydrogen) atoms. The number of para-hydroxylation sites is 1. The van der Waals surface area contributed by atoms with Crippen molar-refractivity contribution >= 4 is 34.5 Å². The fraction of sp³-hybridized carbons (Fsp3) is 0.0556. The molecule has 1 aliphatic heterocycles. The summed E-state index contributed by atoms with van der Waals surface area (Å²) in [6.07, 6.45) is 1.42. The van der Waals surface area contributed by atoms with Gasteiger partial charge in [0.1, 0.15) is 17.8 Å². The summed E-state index contributed by atoms with van der Waals surface area (Å²) < 4.78 is 13.3. The number of aliphatic imine (C=N–C) groups is 1. The minimum absolute atomic E-state index is 0.277. The molecule has 0 radical (unpaired) electrons. The van der Waals surface area contributed by atoms with Crippen LogP contribution in [-0.4, -0.2) is 22.7 Å². The largest absolute Gasteiger partial charge is 0.327 e. The van der Waals surface area contributed by atoms with Gasteiger partial charge in [0.15, 0.2) is 11.0 Å². The van der Waals surface area contributed by atoms with Gasteiger partial charge in [0.25, 0.3) is 0 Å². The molecule has 0 saturated carbocycles. The predicted molar refractivity (Wildman–Crippen MR) is 93.2 cm³/mol. The maximum absolute atomic E-state index is 13.3. The molecule has 0 unspecified atom stereocenters. The number of nitrogens with zero attached hydrogens (tertiary/aromatic N) is 4. The maximum atomic E-state index is 13.3. The van der Waals surface area contributed by atoms with Crippen LogP contribution in [0.15, 0.2) is 59.9 Å². The molecular weight excluding hydrogens is 327 g/mol. The highest BCUT2D eigenvalue weighted by molar-refractivity contribution is 6.33. The van der Waals surface area contributed by atoms with Crippen LogP contribution in [0.3, 0.4) is 0 Å². The first-order valence-electron chi connectivity index (χ1n) is 7.33. The van der Waals surface area contributed by atoms with Gasteiger partial charge in [-0.15, -0.1) is 0 Å². The topological polar surface area (TPSA) is 41.4 Å². The number of aromatic nitrogens is 2. The first kappa shape index (κ1) is 14.8. The number of hydrogen-bond donors (Lipinski definition) is 0. The van der Waals surface area contributed by atoms with Crippen LogP contribution >= 0.6 is 11.6 Å². The van der Waals surface area contributed by atoms with Gasteiger partial charge in [-0.25, -0.2) is 19.4 Å². The van der Waals surface area contributed by atoms with Gasteiger partial charge < -0.3 is 4.90 Å². The van der Waals surface area contributed by atoms with Crippen molar-refractivity contribution in [2.24, 2.45) is 4.99 Å². The first-order chi connectivity index (χ1) is 11.6. The van der Waals surface area contributed by atoms with Crippen LogP contribution in [0.1, 0.15) is 11.1 Å². The Balaban J connectivity index is 2.04. The molecule has 6 heteroatoms. The van der Waals surface area contributed by atoms with Crippen molar-refractivity contribution < 1.29 is 4.39 Å². The van der Waals surface area contributed by atoms with Crippen molar-refractivity contribution in [1.82, 2.24) is 9.97 Å². The lowest BCUT2D eigenvalue weighted by Crippen LogP contribution is -2.14. The summed E-state index contributed by atoms with van der Waals surface area (Å²) in [6, 6.07) is 14.1. The third kappa shape index (κ3) is 2.34. The van der Waals surface area contributed by atoms with E-state index < -0.39 is 0 Å². The van der Waals surface area contributed by atoms with Gasteiger partial charge in [-0.3, -0.25) is 0 Å². The number of benzene rings is 2. The monoisotopic (exact) mass is 338 g/mol. The molecule has 0 fully saturated rings. The number of hydrogen-bond acceptors (Lipinski definition) is 4. The Kier molecular flexibility index (Phi) is 3.50. The van der Waals surface area contributed by atoms with Gasteiger partial charge >= 0.3 is 0 Å². The normalized spacial score (nSPS) is 13.0. The fourth-order valence-electron chi connectivity index (χ4n) is 2.77. The van der Waals surface area contributed by atoms with Crippen LogP contribution in [0.25, 0.3) is 0 Å². The number of rotatable bonds is 1. The van der Waals surface area contributed by atoms with E-state index in [0.717, 1.165) is 16.8 Å². The van der Waals surface area contributed by atoms with E-state index in [1.54, 1.807) is 12.1 Å². The van der Waals surface area contributed by atoms with Crippen LogP contribution in [0, 0.1) is 5.82 Å². The third-order valence-electron chi connectivity index (χ3n) is 3.94. The molecular formula is C18H12ClFN4. The quantitative estimate of drug-likeness (QED) is 0.612. The fourth-order valence-corrected chi connectivity index (χ4v) is 2.94. The van der Waals surface area contributed by atoms with E-state index in [-0.39, 0.29) is 11.0 Å². The van der Waals surface area contributed by atoms with Gasteiger partial charge in [-0.2, -0.15) is 0 Å². The lowest BCUT2D eigenvalue weighted by atomic mass is 10.0. The highest BCUT2D eigenvalue weighted by atomic mass is 35.5. The summed E-state index contributed by atoms with van der Waals surface area (Å²) >= 11 is 6.26. The van der Waals surface area contributed by atoms with Crippen molar-refractivity contribution in [3.8, 4) is 0 Å². The van der Waals surface area contributed by atoms with Gasteiger partial charge in [-0.05, 0) is 30.3 Å². The minimum Gasteiger partial charge on any atom is -0.327 e. The van der Waals surface area contributed by atoms with Crippen LogP contribution in [0.5, 0.6) is 0 Å². The molecule has 118 valence electrons. The van der Waals surface area contributed by atoms with Crippen LogP contribution in [0.4, 0.5) is 21.6 Å². The molecule has 0 atom stereocenters. The van der Waals surface area contributed by atoms with Crippen molar-refractivity contribution in [1.29, 1.82) is 0 Å². The van der Waals surface area contributed by atoms with E-state index in [0.29, 0.717) is 17.2 Å². The molecule has 0 aliphatic carbocycles. The predicted octanol–water partition coefficient (Wildman–Crippen LogP) is 4.52. The summed E-state index contributed by atoms with van der Waals surface area (Å²) in [5.41, 5.74) is 3.85. The highest BCUT2D eigenvalue weighted by Gasteiger charge is 2.24. The van der Waals surface area contributed by atoms with Gasteiger partial charge in [0, 0.05) is 18.2 Å². The SMILES string of the molecule is CN1c2ccccc2C(c2ccc(F)cc2)=Nc2c(Cl)ncnc21. The molecule has 2 heterocycles. The standard InChI is InChI=1S/C18H12ClFN4/c1-24-14-5-3-2-4-13(14)15(11-6-8-12(20)9-7-11)23-16-17(19)21-10-22-18(16)24/h2-10H,1H3. The Bertz CT molecular complexity index is 953. The zero-order chi connectivity index (χ0) is 16.7.